The number of carbonyl (C=O) groups excluding carboxylic acids is 1. The van der Waals surface area contributed by atoms with Crippen LogP contribution in [0.25, 0.3) is 10.9 Å². The Morgan fingerprint density at radius 1 is 0.962 bits per heavy atom. The molecule has 5 heteroatoms. The third kappa shape index (κ3) is 3.32. The van der Waals surface area contributed by atoms with E-state index in [1.54, 1.807) is 35.8 Å². The number of hydrogen-bond acceptors (Lipinski definition) is 4. The van der Waals surface area contributed by atoms with Crippen LogP contribution in [0.3, 0.4) is 0 Å². The summed E-state index contributed by atoms with van der Waals surface area (Å²) < 4.78 is 5.45. The topological polar surface area (TPSA) is 59.2 Å². The van der Waals surface area contributed by atoms with E-state index in [0.29, 0.717) is 18.7 Å². The molecule has 0 N–H and O–H groups in total. The Kier molecular flexibility index (Phi) is 4.43. The largest absolute Gasteiger partial charge is 0.467 e. The Balaban J connectivity index is 1.71. The first kappa shape index (κ1) is 16.0. The van der Waals surface area contributed by atoms with Crippen LogP contribution in [0.2, 0.25) is 0 Å². The second-order valence-electron chi connectivity index (χ2n) is 5.98. The number of rotatable bonds is 5. The lowest BCUT2D eigenvalue weighted by atomic mass is 10.1. The molecule has 0 bridgehead atoms. The number of aromatic nitrogens is 2. The van der Waals surface area contributed by atoms with Crippen molar-refractivity contribution in [2.24, 2.45) is 0 Å². The number of hydrogen-bond donors (Lipinski definition) is 0. The summed E-state index contributed by atoms with van der Waals surface area (Å²) in [5.74, 6) is 0.671. The first-order valence-electron chi connectivity index (χ1n) is 8.35. The number of carbonyl (C=O) groups is 1. The van der Waals surface area contributed by atoms with Crippen LogP contribution in [0.1, 0.15) is 21.7 Å². The normalized spacial score (nSPS) is 10.8. The van der Waals surface area contributed by atoms with Gasteiger partial charge in [-0.1, -0.05) is 24.3 Å². The lowest BCUT2D eigenvalue weighted by Crippen LogP contribution is -2.30. The van der Waals surface area contributed by atoms with Gasteiger partial charge >= 0.3 is 0 Å². The highest BCUT2D eigenvalue weighted by atomic mass is 16.3. The van der Waals surface area contributed by atoms with E-state index in [2.05, 4.69) is 9.97 Å². The number of amides is 1. The van der Waals surface area contributed by atoms with E-state index in [1.165, 1.54) is 0 Å². The predicted molar refractivity (Wildman–Crippen MR) is 98.3 cm³/mol. The minimum atomic E-state index is -0.0659. The van der Waals surface area contributed by atoms with Gasteiger partial charge in [-0.15, -0.1) is 0 Å². The lowest BCUT2D eigenvalue weighted by molar-refractivity contribution is 0.0719. The van der Waals surface area contributed by atoms with E-state index in [0.717, 1.165) is 22.2 Å². The standard InChI is InChI=1S/C21H17N3O2/c25-21(19-9-11-23-20-8-2-1-7-18(19)20)24(15-17-6-4-12-26-17)14-16-5-3-10-22-13-16/h1-13H,14-15H2. The van der Waals surface area contributed by atoms with Crippen LogP contribution in [0.4, 0.5) is 0 Å². The summed E-state index contributed by atoms with van der Waals surface area (Å²) in [7, 11) is 0. The molecule has 0 radical (unpaired) electrons. The minimum Gasteiger partial charge on any atom is -0.467 e. The Hall–Kier alpha value is -3.47. The Labute approximate surface area is 150 Å². The van der Waals surface area contributed by atoms with Crippen molar-refractivity contribution in [2.45, 2.75) is 13.1 Å². The van der Waals surface area contributed by atoms with E-state index in [-0.39, 0.29) is 5.91 Å². The van der Waals surface area contributed by atoms with Crippen LogP contribution in [0.5, 0.6) is 0 Å². The second-order valence-corrected chi connectivity index (χ2v) is 5.98. The molecule has 1 amide bonds. The number of nitrogens with zero attached hydrogens (tertiary/aromatic N) is 3. The zero-order valence-corrected chi connectivity index (χ0v) is 14.1. The van der Waals surface area contributed by atoms with E-state index in [1.807, 2.05) is 48.5 Å². The highest BCUT2D eigenvalue weighted by Crippen LogP contribution is 2.20. The Morgan fingerprint density at radius 2 is 1.88 bits per heavy atom. The van der Waals surface area contributed by atoms with Crippen LogP contribution in [-0.4, -0.2) is 20.8 Å². The summed E-state index contributed by atoms with van der Waals surface area (Å²) in [5.41, 5.74) is 2.40. The zero-order chi connectivity index (χ0) is 17.8. The average Bonchev–Trinajstić information content (AvgIpc) is 3.20. The van der Waals surface area contributed by atoms with E-state index >= 15 is 0 Å². The zero-order valence-electron chi connectivity index (χ0n) is 14.1. The van der Waals surface area contributed by atoms with Crippen molar-refractivity contribution in [3.8, 4) is 0 Å². The van der Waals surface area contributed by atoms with Crippen LogP contribution < -0.4 is 0 Å². The molecule has 128 valence electrons. The molecule has 5 nitrogen and oxygen atoms in total. The van der Waals surface area contributed by atoms with Gasteiger partial charge < -0.3 is 9.32 Å². The van der Waals surface area contributed by atoms with Gasteiger partial charge in [-0.3, -0.25) is 14.8 Å². The number of benzene rings is 1. The maximum absolute atomic E-state index is 13.3. The molecule has 0 aliphatic carbocycles. The second kappa shape index (κ2) is 7.19. The maximum atomic E-state index is 13.3. The highest BCUT2D eigenvalue weighted by Gasteiger charge is 2.20. The van der Waals surface area contributed by atoms with Gasteiger partial charge in [0.1, 0.15) is 5.76 Å². The summed E-state index contributed by atoms with van der Waals surface area (Å²) in [4.78, 5) is 23.6. The molecule has 4 aromatic rings. The Morgan fingerprint density at radius 3 is 2.69 bits per heavy atom. The van der Waals surface area contributed by atoms with Gasteiger partial charge in [0.25, 0.3) is 5.91 Å². The van der Waals surface area contributed by atoms with Crippen molar-refractivity contribution in [1.82, 2.24) is 14.9 Å². The molecule has 3 aromatic heterocycles. The first-order chi connectivity index (χ1) is 12.8. The van der Waals surface area contributed by atoms with E-state index in [9.17, 15) is 4.79 Å². The molecule has 26 heavy (non-hydrogen) atoms. The number of furan rings is 1. The Bertz CT molecular complexity index is 1010. The quantitative estimate of drug-likeness (QED) is 0.548. The van der Waals surface area contributed by atoms with E-state index in [4.69, 9.17) is 4.42 Å². The van der Waals surface area contributed by atoms with Crippen molar-refractivity contribution in [1.29, 1.82) is 0 Å². The highest BCUT2D eigenvalue weighted by molar-refractivity contribution is 6.05. The van der Waals surface area contributed by atoms with Crippen LogP contribution in [0.15, 0.2) is 83.9 Å². The number of fused-ring (bicyclic) bond motifs is 1. The van der Waals surface area contributed by atoms with Crippen molar-refractivity contribution < 1.29 is 9.21 Å². The van der Waals surface area contributed by atoms with Crippen LogP contribution >= 0.6 is 0 Å². The summed E-state index contributed by atoms with van der Waals surface area (Å²) >= 11 is 0. The van der Waals surface area contributed by atoms with Gasteiger partial charge in [-0.2, -0.15) is 0 Å². The fraction of sp³-hybridized carbons (Fsp3) is 0.0952. The fourth-order valence-corrected chi connectivity index (χ4v) is 2.95. The minimum absolute atomic E-state index is 0.0659. The molecule has 0 fully saturated rings. The summed E-state index contributed by atoms with van der Waals surface area (Å²) in [6, 6.07) is 16.9. The summed E-state index contributed by atoms with van der Waals surface area (Å²) in [6.07, 6.45) is 6.78. The maximum Gasteiger partial charge on any atom is 0.255 e. The van der Waals surface area contributed by atoms with Gasteiger partial charge in [0, 0.05) is 30.5 Å². The van der Waals surface area contributed by atoms with Crippen molar-refractivity contribution in [2.75, 3.05) is 0 Å². The van der Waals surface area contributed by atoms with Gasteiger partial charge in [0.2, 0.25) is 0 Å². The molecule has 0 saturated carbocycles. The molecule has 0 aliphatic rings. The SMILES string of the molecule is O=C(c1ccnc2ccccc12)N(Cc1cccnc1)Cc1ccco1. The molecule has 0 spiro atoms. The molecule has 0 aliphatic heterocycles. The molecule has 3 heterocycles. The molecule has 0 saturated heterocycles. The first-order valence-corrected chi connectivity index (χ1v) is 8.35. The molecule has 0 atom stereocenters. The van der Waals surface area contributed by atoms with Crippen LogP contribution in [-0.2, 0) is 13.1 Å². The molecule has 0 unspecified atom stereocenters. The lowest BCUT2D eigenvalue weighted by Gasteiger charge is -2.22. The van der Waals surface area contributed by atoms with Gasteiger partial charge in [-0.05, 0) is 35.9 Å². The fourth-order valence-electron chi connectivity index (χ4n) is 2.95. The van der Waals surface area contributed by atoms with Crippen molar-refractivity contribution in [3.05, 3.63) is 96.3 Å². The summed E-state index contributed by atoms with van der Waals surface area (Å²) in [6.45, 7) is 0.835. The average molecular weight is 343 g/mol. The van der Waals surface area contributed by atoms with Gasteiger partial charge in [-0.25, -0.2) is 0 Å². The van der Waals surface area contributed by atoms with Crippen molar-refractivity contribution in [3.63, 3.8) is 0 Å². The monoisotopic (exact) mass is 343 g/mol. The van der Waals surface area contributed by atoms with Crippen LogP contribution in [0, 0.1) is 0 Å². The number of pyridine rings is 2. The third-order valence-corrected chi connectivity index (χ3v) is 4.19. The van der Waals surface area contributed by atoms with Crippen molar-refractivity contribution >= 4 is 16.8 Å². The third-order valence-electron chi connectivity index (χ3n) is 4.19. The molecule has 1 aromatic carbocycles. The van der Waals surface area contributed by atoms with Gasteiger partial charge in [0.05, 0.1) is 23.9 Å². The molecule has 4 rings (SSSR count). The molecular weight excluding hydrogens is 326 g/mol. The smallest absolute Gasteiger partial charge is 0.255 e. The number of para-hydroxylation sites is 1. The predicted octanol–water partition coefficient (Wildman–Crippen LogP) is 4.07. The van der Waals surface area contributed by atoms with Gasteiger partial charge in [0.15, 0.2) is 0 Å². The summed E-state index contributed by atoms with van der Waals surface area (Å²) in [5, 5.41) is 0.843. The molecular formula is C21H17N3O2. The van der Waals surface area contributed by atoms with E-state index < -0.39 is 0 Å².